The Morgan fingerprint density at radius 3 is 2.89 bits per heavy atom. The monoisotopic (exact) mass is 263 g/mol. The molecule has 2 heterocycles. The molecular formula is C12H21N7. The van der Waals surface area contributed by atoms with Crippen LogP contribution in [-0.4, -0.2) is 31.3 Å². The van der Waals surface area contributed by atoms with E-state index in [2.05, 4.69) is 27.7 Å². The molecule has 7 heteroatoms. The Kier molecular flexibility index (Phi) is 4.38. The number of nitrogens with zero attached hydrogens (tertiary/aromatic N) is 5. The summed E-state index contributed by atoms with van der Waals surface area (Å²) >= 11 is 0. The minimum atomic E-state index is 0.745. The van der Waals surface area contributed by atoms with Crippen LogP contribution >= 0.6 is 0 Å². The van der Waals surface area contributed by atoms with Crippen molar-refractivity contribution < 1.29 is 0 Å². The second kappa shape index (κ2) is 6.21. The third-order valence-corrected chi connectivity index (χ3v) is 2.94. The first-order chi connectivity index (χ1) is 9.22. The highest BCUT2D eigenvalue weighted by molar-refractivity contribution is 5.64. The zero-order valence-corrected chi connectivity index (χ0v) is 11.5. The van der Waals surface area contributed by atoms with E-state index in [-0.39, 0.29) is 0 Å². The number of hydrogen-bond acceptors (Lipinski definition) is 5. The van der Waals surface area contributed by atoms with Crippen molar-refractivity contribution >= 4 is 11.5 Å². The highest BCUT2D eigenvalue weighted by Gasteiger charge is 2.10. The van der Waals surface area contributed by atoms with E-state index in [0.717, 1.165) is 49.7 Å². The van der Waals surface area contributed by atoms with Crippen LogP contribution in [0, 0.1) is 6.92 Å². The molecule has 0 atom stereocenters. The lowest BCUT2D eigenvalue weighted by Gasteiger charge is -2.09. The Bertz CT molecular complexity index is 500. The summed E-state index contributed by atoms with van der Waals surface area (Å²) in [5, 5.41) is 15.5. The Morgan fingerprint density at radius 1 is 1.37 bits per heavy atom. The van der Waals surface area contributed by atoms with Gasteiger partial charge in [0, 0.05) is 25.8 Å². The lowest BCUT2D eigenvalue weighted by Crippen LogP contribution is -2.12. The number of aryl methyl sites for hydroxylation is 3. The summed E-state index contributed by atoms with van der Waals surface area (Å²) in [5.74, 6) is 0.929. The summed E-state index contributed by atoms with van der Waals surface area (Å²) in [7, 11) is 0. The van der Waals surface area contributed by atoms with Gasteiger partial charge < -0.3 is 11.1 Å². The van der Waals surface area contributed by atoms with Gasteiger partial charge in [-0.3, -0.25) is 4.68 Å². The molecule has 19 heavy (non-hydrogen) atoms. The molecule has 0 aliphatic rings. The zero-order chi connectivity index (χ0) is 13.7. The van der Waals surface area contributed by atoms with E-state index < -0.39 is 0 Å². The van der Waals surface area contributed by atoms with E-state index in [1.807, 2.05) is 22.5 Å². The van der Waals surface area contributed by atoms with E-state index in [1.165, 1.54) is 0 Å². The van der Waals surface area contributed by atoms with Gasteiger partial charge in [-0.05, 0) is 19.8 Å². The average molecular weight is 263 g/mol. The van der Waals surface area contributed by atoms with Crippen molar-refractivity contribution in [2.75, 3.05) is 17.6 Å². The number of rotatable bonds is 7. The third kappa shape index (κ3) is 3.24. The maximum absolute atomic E-state index is 6.04. The molecule has 104 valence electrons. The fourth-order valence-corrected chi connectivity index (χ4v) is 1.96. The van der Waals surface area contributed by atoms with E-state index in [4.69, 9.17) is 5.73 Å². The Balaban J connectivity index is 1.88. The van der Waals surface area contributed by atoms with Crippen LogP contribution < -0.4 is 11.1 Å². The number of hydrogen-bond donors (Lipinski definition) is 2. The molecule has 0 saturated carbocycles. The van der Waals surface area contributed by atoms with Crippen molar-refractivity contribution in [2.45, 2.75) is 39.8 Å². The summed E-state index contributed by atoms with van der Waals surface area (Å²) in [5.41, 5.74) is 7.66. The van der Waals surface area contributed by atoms with Gasteiger partial charge in [0.2, 0.25) is 0 Å². The van der Waals surface area contributed by atoms with E-state index >= 15 is 0 Å². The second-order valence-electron chi connectivity index (χ2n) is 4.52. The molecule has 0 saturated heterocycles. The number of aromatic nitrogens is 5. The lowest BCUT2D eigenvalue weighted by molar-refractivity contribution is 0.565. The van der Waals surface area contributed by atoms with Crippen LogP contribution in [0.15, 0.2) is 12.4 Å². The molecule has 0 bridgehead atoms. The van der Waals surface area contributed by atoms with Crippen molar-refractivity contribution in [1.82, 2.24) is 24.8 Å². The van der Waals surface area contributed by atoms with Crippen LogP contribution in [0.5, 0.6) is 0 Å². The number of nitrogens with two attached hydrogens (primary N) is 1. The van der Waals surface area contributed by atoms with Gasteiger partial charge in [0.1, 0.15) is 5.82 Å². The van der Waals surface area contributed by atoms with Gasteiger partial charge in [-0.2, -0.15) is 5.10 Å². The smallest absolute Gasteiger partial charge is 0.148 e. The van der Waals surface area contributed by atoms with Crippen LogP contribution in [0.2, 0.25) is 0 Å². The van der Waals surface area contributed by atoms with Gasteiger partial charge in [-0.25, -0.2) is 4.68 Å². The first-order valence-electron chi connectivity index (χ1n) is 6.63. The summed E-state index contributed by atoms with van der Waals surface area (Å²) in [6.45, 7) is 6.61. The second-order valence-corrected chi connectivity index (χ2v) is 4.52. The van der Waals surface area contributed by atoms with Crippen molar-refractivity contribution in [3.8, 4) is 0 Å². The van der Waals surface area contributed by atoms with Crippen LogP contribution in [0.4, 0.5) is 11.5 Å². The average Bonchev–Trinajstić information content (AvgIpc) is 2.98. The molecule has 0 radical (unpaired) electrons. The summed E-state index contributed by atoms with van der Waals surface area (Å²) in [4.78, 5) is 0. The first-order valence-corrected chi connectivity index (χ1v) is 6.63. The molecule has 0 spiro atoms. The Hall–Kier alpha value is -2.05. The number of nitrogens with one attached hydrogen (secondary N) is 1. The highest BCUT2D eigenvalue weighted by atomic mass is 15.4. The molecule has 0 amide bonds. The standard InChI is InChI=1S/C12H21N7/c1-3-7-19-12(11(13)10(2)16-19)14-5-4-8-18-9-6-15-17-18/h6,9,14H,3-5,7-8,13H2,1-2H3. The topological polar surface area (TPSA) is 86.6 Å². The van der Waals surface area contributed by atoms with Crippen LogP contribution in [-0.2, 0) is 13.1 Å². The van der Waals surface area contributed by atoms with Crippen LogP contribution in [0.3, 0.4) is 0 Å². The zero-order valence-electron chi connectivity index (χ0n) is 11.5. The molecule has 0 aliphatic heterocycles. The summed E-state index contributed by atoms with van der Waals surface area (Å²) < 4.78 is 3.76. The Labute approximate surface area is 112 Å². The van der Waals surface area contributed by atoms with Gasteiger partial charge in [-0.1, -0.05) is 12.1 Å². The van der Waals surface area contributed by atoms with Gasteiger partial charge in [0.25, 0.3) is 0 Å². The van der Waals surface area contributed by atoms with Crippen LogP contribution in [0.25, 0.3) is 0 Å². The van der Waals surface area contributed by atoms with Crippen LogP contribution in [0.1, 0.15) is 25.5 Å². The predicted molar refractivity (Wildman–Crippen MR) is 74.8 cm³/mol. The predicted octanol–water partition coefficient (Wildman–Crippen LogP) is 1.28. The quantitative estimate of drug-likeness (QED) is 0.735. The molecule has 3 N–H and O–H groups in total. The number of anilines is 2. The fraction of sp³-hybridized carbons (Fsp3) is 0.583. The normalized spacial score (nSPS) is 10.8. The van der Waals surface area contributed by atoms with Gasteiger partial charge >= 0.3 is 0 Å². The maximum atomic E-state index is 6.04. The highest BCUT2D eigenvalue weighted by Crippen LogP contribution is 2.22. The number of nitrogen functional groups attached to an aromatic ring is 1. The van der Waals surface area contributed by atoms with Gasteiger partial charge in [0.15, 0.2) is 0 Å². The molecule has 0 aromatic carbocycles. The van der Waals surface area contributed by atoms with Gasteiger partial charge in [0.05, 0.1) is 17.6 Å². The minimum Gasteiger partial charge on any atom is -0.394 e. The van der Waals surface area contributed by atoms with Crippen molar-refractivity contribution in [3.63, 3.8) is 0 Å². The van der Waals surface area contributed by atoms with Crippen molar-refractivity contribution in [2.24, 2.45) is 0 Å². The third-order valence-electron chi connectivity index (χ3n) is 2.94. The largest absolute Gasteiger partial charge is 0.394 e. The molecule has 2 aromatic heterocycles. The van der Waals surface area contributed by atoms with Crippen molar-refractivity contribution in [3.05, 3.63) is 18.1 Å². The van der Waals surface area contributed by atoms with Gasteiger partial charge in [-0.15, -0.1) is 5.10 Å². The first kappa shape index (κ1) is 13.4. The summed E-state index contributed by atoms with van der Waals surface area (Å²) in [6.07, 6.45) is 5.54. The molecule has 7 nitrogen and oxygen atoms in total. The van der Waals surface area contributed by atoms with Crippen molar-refractivity contribution in [1.29, 1.82) is 0 Å². The van der Waals surface area contributed by atoms with E-state index in [1.54, 1.807) is 6.20 Å². The molecule has 2 aromatic rings. The Morgan fingerprint density at radius 2 is 2.21 bits per heavy atom. The lowest BCUT2D eigenvalue weighted by atomic mass is 10.3. The molecular weight excluding hydrogens is 242 g/mol. The fourth-order valence-electron chi connectivity index (χ4n) is 1.96. The molecule has 2 rings (SSSR count). The summed E-state index contributed by atoms with van der Waals surface area (Å²) in [6, 6.07) is 0. The maximum Gasteiger partial charge on any atom is 0.148 e. The van der Waals surface area contributed by atoms with E-state index in [9.17, 15) is 0 Å². The molecule has 0 unspecified atom stereocenters. The minimum absolute atomic E-state index is 0.745. The van der Waals surface area contributed by atoms with E-state index in [0.29, 0.717) is 0 Å². The SMILES string of the molecule is CCCn1nc(C)c(N)c1NCCCn1ccnn1. The molecule has 0 aliphatic carbocycles. The molecule has 0 fully saturated rings.